The zero-order chi connectivity index (χ0) is 23.5. The molecule has 1 aromatic rings. The van der Waals surface area contributed by atoms with Crippen LogP contribution in [0.3, 0.4) is 0 Å². The zero-order valence-electron chi connectivity index (χ0n) is 20.3. The number of methoxy groups -OCH3 is 1. The van der Waals surface area contributed by atoms with Crippen molar-refractivity contribution in [1.82, 2.24) is 10.6 Å². The van der Waals surface area contributed by atoms with Crippen LogP contribution < -0.4 is 20.1 Å². The van der Waals surface area contributed by atoms with Crippen LogP contribution in [0.1, 0.15) is 63.4 Å². The summed E-state index contributed by atoms with van der Waals surface area (Å²) in [7, 11) is 1.61. The molecule has 0 radical (unpaired) electrons. The number of nitrogens with one attached hydrogen (secondary N) is 2. The fourth-order valence-electron chi connectivity index (χ4n) is 7.25. The molecule has 1 saturated heterocycles. The minimum atomic E-state index is -0.184. The average Bonchev–Trinajstić information content (AvgIpc) is 3.33. The summed E-state index contributed by atoms with van der Waals surface area (Å²) in [5.41, 5.74) is 1.11. The Labute approximate surface area is 202 Å². The van der Waals surface area contributed by atoms with Crippen LogP contribution in [0, 0.1) is 23.2 Å². The van der Waals surface area contributed by atoms with Crippen molar-refractivity contribution >= 4 is 11.8 Å². The molecule has 1 aliphatic heterocycles. The van der Waals surface area contributed by atoms with Gasteiger partial charge in [-0.05, 0) is 92.2 Å². The average molecular weight is 471 g/mol. The van der Waals surface area contributed by atoms with Crippen molar-refractivity contribution < 1.29 is 23.8 Å². The van der Waals surface area contributed by atoms with Crippen molar-refractivity contribution in [2.24, 2.45) is 23.2 Å². The predicted octanol–water partition coefficient (Wildman–Crippen LogP) is 3.59. The molecule has 4 saturated carbocycles. The van der Waals surface area contributed by atoms with Crippen LogP contribution in [0.25, 0.3) is 0 Å². The monoisotopic (exact) mass is 470 g/mol. The normalized spacial score (nSPS) is 31.3. The molecule has 5 aliphatic rings. The summed E-state index contributed by atoms with van der Waals surface area (Å²) in [4.78, 5) is 25.0. The molecule has 186 valence electrons. The molecule has 1 aromatic carbocycles. The Morgan fingerprint density at radius 2 is 1.76 bits per heavy atom. The van der Waals surface area contributed by atoms with E-state index < -0.39 is 0 Å². The van der Waals surface area contributed by atoms with Crippen LogP contribution in [0.5, 0.6) is 11.5 Å². The van der Waals surface area contributed by atoms with E-state index in [1.54, 1.807) is 7.11 Å². The summed E-state index contributed by atoms with van der Waals surface area (Å²) in [6, 6.07) is 5.65. The molecule has 6 rings (SSSR count). The number of carbonyl (C=O) groups is 2. The van der Waals surface area contributed by atoms with Crippen LogP contribution in [0.4, 0.5) is 0 Å². The predicted molar refractivity (Wildman–Crippen MR) is 128 cm³/mol. The van der Waals surface area contributed by atoms with Gasteiger partial charge in [0.1, 0.15) is 6.61 Å². The molecule has 2 N–H and O–H groups in total. The second kappa shape index (κ2) is 10.1. The first-order chi connectivity index (χ1) is 16.5. The summed E-state index contributed by atoms with van der Waals surface area (Å²) in [5, 5.41) is 5.75. The van der Waals surface area contributed by atoms with E-state index in [-0.39, 0.29) is 29.9 Å². The molecule has 0 aromatic heterocycles. The first-order valence-electron chi connectivity index (χ1n) is 12.9. The summed E-state index contributed by atoms with van der Waals surface area (Å²) < 4.78 is 16.9. The minimum absolute atomic E-state index is 0.0188. The molecule has 5 fully saturated rings. The molecular weight excluding hydrogens is 432 g/mol. The largest absolute Gasteiger partial charge is 0.493 e. The summed E-state index contributed by atoms with van der Waals surface area (Å²) in [6.45, 7) is 1.69. The van der Waals surface area contributed by atoms with Gasteiger partial charge >= 0.3 is 0 Å². The maximum atomic E-state index is 12.7. The lowest BCUT2D eigenvalue weighted by Crippen LogP contribution is -2.48. The first kappa shape index (κ1) is 23.5. The number of benzene rings is 1. The second-order valence-corrected chi connectivity index (χ2v) is 11.1. The van der Waals surface area contributed by atoms with Gasteiger partial charge in [-0.1, -0.05) is 6.07 Å². The quantitative estimate of drug-likeness (QED) is 0.546. The van der Waals surface area contributed by atoms with Gasteiger partial charge in [0.2, 0.25) is 11.8 Å². The van der Waals surface area contributed by atoms with Gasteiger partial charge in [-0.15, -0.1) is 0 Å². The van der Waals surface area contributed by atoms with Gasteiger partial charge in [0.05, 0.1) is 19.8 Å². The molecule has 7 heteroatoms. The van der Waals surface area contributed by atoms with E-state index in [4.69, 9.17) is 14.2 Å². The highest BCUT2D eigenvalue weighted by atomic mass is 16.5. The number of hydrogen-bond donors (Lipinski definition) is 2. The lowest BCUT2D eigenvalue weighted by Gasteiger charge is -2.56. The molecule has 1 atom stereocenters. The van der Waals surface area contributed by atoms with E-state index in [2.05, 4.69) is 10.6 Å². The van der Waals surface area contributed by atoms with E-state index in [9.17, 15) is 9.59 Å². The number of carbonyl (C=O) groups excluding carboxylic acids is 2. The highest BCUT2D eigenvalue weighted by Gasteiger charge is 2.51. The third-order valence-electron chi connectivity index (χ3n) is 8.31. The maximum Gasteiger partial charge on any atom is 0.239 e. The lowest BCUT2D eigenvalue weighted by atomic mass is 9.49. The molecular formula is C27H38N2O5. The lowest BCUT2D eigenvalue weighted by molar-refractivity contribution is -0.131. The highest BCUT2D eigenvalue weighted by Crippen LogP contribution is 2.61. The fraction of sp³-hybridized carbons (Fsp3) is 0.704. The Bertz CT molecular complexity index is 860. The van der Waals surface area contributed by atoms with Crippen molar-refractivity contribution in [2.75, 3.05) is 26.9 Å². The molecule has 2 amide bonds. The SMILES string of the molecule is COc1cc(CNC(=O)CNC(=O)CC23CC4CC(CC(C4)C2)C3)ccc1OCC1CCCO1. The third-order valence-corrected chi connectivity index (χ3v) is 8.31. The van der Waals surface area contributed by atoms with Crippen LogP contribution in [-0.4, -0.2) is 44.8 Å². The van der Waals surface area contributed by atoms with E-state index in [0.29, 0.717) is 31.1 Å². The van der Waals surface area contributed by atoms with Crippen LogP contribution >= 0.6 is 0 Å². The standard InChI is InChI=1S/C27H38N2O5/c1-32-24-10-18(4-5-23(24)34-17-22-3-2-6-33-22)15-28-26(31)16-29-25(30)14-27-11-19-7-20(12-27)9-21(8-19)13-27/h4-5,10,19-22H,2-3,6-9,11-17H2,1H3,(H,28,31)(H,29,30). The molecule has 7 nitrogen and oxygen atoms in total. The molecule has 34 heavy (non-hydrogen) atoms. The molecule has 4 aliphatic carbocycles. The van der Waals surface area contributed by atoms with Crippen molar-refractivity contribution in [3.8, 4) is 11.5 Å². The van der Waals surface area contributed by atoms with Crippen molar-refractivity contribution in [2.45, 2.75) is 70.4 Å². The van der Waals surface area contributed by atoms with Crippen molar-refractivity contribution in [3.63, 3.8) is 0 Å². The number of hydrogen-bond acceptors (Lipinski definition) is 5. The van der Waals surface area contributed by atoms with Crippen LogP contribution in [0.2, 0.25) is 0 Å². The van der Waals surface area contributed by atoms with Gasteiger partial charge in [-0.25, -0.2) is 0 Å². The van der Waals surface area contributed by atoms with Gasteiger partial charge in [0.25, 0.3) is 0 Å². The van der Waals surface area contributed by atoms with Gasteiger partial charge in [0, 0.05) is 19.6 Å². The Morgan fingerprint density at radius 1 is 1.03 bits per heavy atom. The fourth-order valence-corrected chi connectivity index (χ4v) is 7.25. The Balaban J connectivity index is 1.05. The number of rotatable bonds is 10. The Kier molecular flexibility index (Phi) is 7.00. The maximum absolute atomic E-state index is 12.7. The van der Waals surface area contributed by atoms with Crippen LogP contribution in [-0.2, 0) is 20.9 Å². The minimum Gasteiger partial charge on any atom is -0.493 e. The van der Waals surface area contributed by atoms with Gasteiger partial charge in [0.15, 0.2) is 11.5 Å². The molecule has 0 spiro atoms. The van der Waals surface area contributed by atoms with E-state index >= 15 is 0 Å². The third kappa shape index (κ3) is 5.51. The summed E-state index contributed by atoms with van der Waals surface area (Å²) in [6.07, 6.45) is 10.5. The molecule has 1 heterocycles. The molecule has 1 unspecified atom stereocenters. The highest BCUT2D eigenvalue weighted by molar-refractivity contribution is 5.85. The Hall–Kier alpha value is -2.28. The van der Waals surface area contributed by atoms with Gasteiger partial charge in [-0.3, -0.25) is 9.59 Å². The smallest absolute Gasteiger partial charge is 0.239 e. The summed E-state index contributed by atoms with van der Waals surface area (Å²) >= 11 is 0. The zero-order valence-corrected chi connectivity index (χ0v) is 20.3. The van der Waals surface area contributed by atoms with Crippen molar-refractivity contribution in [3.05, 3.63) is 23.8 Å². The van der Waals surface area contributed by atoms with Crippen molar-refractivity contribution in [1.29, 1.82) is 0 Å². The topological polar surface area (TPSA) is 85.9 Å². The number of amides is 2. The van der Waals surface area contributed by atoms with Gasteiger partial charge < -0.3 is 24.8 Å². The summed E-state index contributed by atoms with van der Waals surface area (Å²) in [5.74, 6) is 3.62. The van der Waals surface area contributed by atoms with E-state index in [1.165, 1.54) is 38.5 Å². The second-order valence-electron chi connectivity index (χ2n) is 11.1. The van der Waals surface area contributed by atoms with Crippen LogP contribution in [0.15, 0.2) is 18.2 Å². The molecule has 4 bridgehead atoms. The first-order valence-corrected chi connectivity index (χ1v) is 12.9. The van der Waals surface area contributed by atoms with Gasteiger partial charge in [-0.2, -0.15) is 0 Å². The van der Waals surface area contributed by atoms with E-state index in [1.807, 2.05) is 18.2 Å². The van der Waals surface area contributed by atoms with E-state index in [0.717, 1.165) is 42.8 Å². The Morgan fingerprint density at radius 3 is 2.41 bits per heavy atom. The number of ether oxygens (including phenoxy) is 3.